The van der Waals surface area contributed by atoms with Crippen LogP contribution in [-0.2, 0) is 22.2 Å². The van der Waals surface area contributed by atoms with Crippen LogP contribution >= 0.6 is 0 Å². The van der Waals surface area contributed by atoms with Crippen molar-refractivity contribution in [2.24, 2.45) is 0 Å². The van der Waals surface area contributed by atoms with Crippen molar-refractivity contribution in [1.29, 1.82) is 0 Å². The summed E-state index contributed by atoms with van der Waals surface area (Å²) >= 11 is 0. The molecule has 3 N–H and O–H groups in total. The Kier molecular flexibility index (Phi) is 7.57. The summed E-state index contributed by atoms with van der Waals surface area (Å²) < 4.78 is 57.6. The monoisotopic (exact) mass is 467 g/mol. The highest BCUT2D eigenvalue weighted by molar-refractivity contribution is 5.89. The maximum Gasteiger partial charge on any atom is 0.419 e. The van der Waals surface area contributed by atoms with Crippen molar-refractivity contribution in [3.8, 4) is 5.75 Å². The summed E-state index contributed by atoms with van der Waals surface area (Å²) in [6.45, 7) is 1.72. The van der Waals surface area contributed by atoms with Crippen molar-refractivity contribution in [2.45, 2.75) is 50.6 Å². The zero-order chi connectivity index (χ0) is 24.2. The minimum atomic E-state index is -4.80. The average molecular weight is 467 g/mol. The standard InChI is InChI=1S/C23H25F4N3O3/c1-3-18(14-6-9-16(17(24)11-14)23(25,26)27)29-22(32)19-12-21(31)30-20(28-19)10-13-4-7-15(33-2)8-5-13/h4-9,11,18-20,28H,3,10,12H2,1-2H3,(H,29,32)(H,30,31)/t18-,19?,20?/m1/s1. The van der Waals surface area contributed by atoms with E-state index in [-0.39, 0.29) is 17.9 Å². The highest BCUT2D eigenvalue weighted by Gasteiger charge is 2.35. The molecule has 1 aliphatic rings. The van der Waals surface area contributed by atoms with Crippen LogP contribution in [0, 0.1) is 5.82 Å². The fourth-order valence-corrected chi connectivity index (χ4v) is 3.73. The van der Waals surface area contributed by atoms with E-state index in [0.29, 0.717) is 24.7 Å². The second-order valence-corrected chi connectivity index (χ2v) is 7.80. The molecule has 1 fully saturated rings. The summed E-state index contributed by atoms with van der Waals surface area (Å²) in [7, 11) is 1.56. The van der Waals surface area contributed by atoms with Crippen LogP contribution in [0.4, 0.5) is 17.6 Å². The molecular formula is C23H25F4N3O3. The molecule has 0 bridgehead atoms. The van der Waals surface area contributed by atoms with Crippen LogP contribution in [0.15, 0.2) is 42.5 Å². The third-order valence-electron chi connectivity index (χ3n) is 5.47. The number of carbonyl (C=O) groups excluding carboxylic acids is 2. The SMILES string of the molecule is CC[C@@H](NC(=O)C1CC(=O)NC(Cc2ccc(OC)cc2)N1)c1ccc(C(F)(F)F)c(F)c1. The number of halogens is 4. The third kappa shape index (κ3) is 6.22. The molecule has 0 radical (unpaired) electrons. The van der Waals surface area contributed by atoms with Crippen molar-refractivity contribution in [1.82, 2.24) is 16.0 Å². The van der Waals surface area contributed by atoms with Gasteiger partial charge in [-0.2, -0.15) is 13.2 Å². The molecular weight excluding hydrogens is 442 g/mol. The van der Waals surface area contributed by atoms with Crippen molar-refractivity contribution in [3.63, 3.8) is 0 Å². The van der Waals surface area contributed by atoms with Crippen LogP contribution < -0.4 is 20.7 Å². The van der Waals surface area contributed by atoms with Gasteiger partial charge in [-0.3, -0.25) is 14.9 Å². The number of rotatable bonds is 7. The van der Waals surface area contributed by atoms with Gasteiger partial charge >= 0.3 is 6.18 Å². The van der Waals surface area contributed by atoms with Gasteiger partial charge in [-0.15, -0.1) is 0 Å². The minimum Gasteiger partial charge on any atom is -0.497 e. The molecule has 1 saturated heterocycles. The van der Waals surface area contributed by atoms with E-state index in [2.05, 4.69) is 16.0 Å². The highest BCUT2D eigenvalue weighted by Crippen LogP contribution is 2.32. The molecule has 10 heteroatoms. The zero-order valence-electron chi connectivity index (χ0n) is 18.1. The van der Waals surface area contributed by atoms with Gasteiger partial charge in [0.25, 0.3) is 0 Å². The van der Waals surface area contributed by atoms with Crippen molar-refractivity contribution in [3.05, 3.63) is 65.0 Å². The molecule has 3 atom stereocenters. The quantitative estimate of drug-likeness (QED) is 0.545. The van der Waals surface area contributed by atoms with Crippen LogP contribution in [-0.4, -0.2) is 31.1 Å². The van der Waals surface area contributed by atoms with E-state index in [1.165, 1.54) is 0 Å². The first-order chi connectivity index (χ1) is 15.6. The number of benzene rings is 2. The lowest BCUT2D eigenvalue weighted by molar-refractivity contribution is -0.140. The van der Waals surface area contributed by atoms with Crippen LogP contribution in [0.2, 0.25) is 0 Å². The minimum absolute atomic E-state index is 0.0945. The molecule has 3 rings (SSSR count). The Bertz CT molecular complexity index is 995. The molecule has 178 valence electrons. The molecule has 1 aliphatic heterocycles. The van der Waals surface area contributed by atoms with Gasteiger partial charge in [-0.05, 0) is 41.8 Å². The number of alkyl halides is 3. The summed E-state index contributed by atoms with van der Waals surface area (Å²) in [6.07, 6.45) is -4.63. The lowest BCUT2D eigenvalue weighted by Crippen LogP contribution is -2.61. The van der Waals surface area contributed by atoms with Crippen molar-refractivity contribution < 1.29 is 31.9 Å². The Balaban J connectivity index is 1.67. The maximum atomic E-state index is 14.0. The lowest BCUT2D eigenvalue weighted by Gasteiger charge is -2.32. The summed E-state index contributed by atoms with van der Waals surface area (Å²) in [5.74, 6) is -1.50. The number of hydrogen-bond donors (Lipinski definition) is 3. The fourth-order valence-electron chi connectivity index (χ4n) is 3.73. The molecule has 0 spiro atoms. The Hall–Kier alpha value is -3.14. The van der Waals surface area contributed by atoms with Gasteiger partial charge < -0.3 is 15.4 Å². The molecule has 1 heterocycles. The van der Waals surface area contributed by atoms with Gasteiger partial charge in [0.05, 0.1) is 37.3 Å². The Morgan fingerprint density at radius 3 is 2.48 bits per heavy atom. The van der Waals surface area contributed by atoms with Crippen LogP contribution in [0.1, 0.15) is 42.5 Å². The Morgan fingerprint density at radius 2 is 1.91 bits per heavy atom. The molecule has 0 saturated carbocycles. The molecule has 0 aliphatic carbocycles. The predicted octanol–water partition coefficient (Wildman–Crippen LogP) is 3.47. The first kappa shape index (κ1) is 24.5. The Morgan fingerprint density at radius 1 is 1.21 bits per heavy atom. The second-order valence-electron chi connectivity index (χ2n) is 7.80. The first-order valence-corrected chi connectivity index (χ1v) is 10.5. The van der Waals surface area contributed by atoms with E-state index in [0.717, 1.165) is 17.7 Å². The number of nitrogens with one attached hydrogen (secondary N) is 3. The normalized spacial score (nSPS) is 19.5. The fraction of sp³-hybridized carbons (Fsp3) is 0.391. The first-order valence-electron chi connectivity index (χ1n) is 10.5. The molecule has 2 aromatic rings. The highest BCUT2D eigenvalue weighted by atomic mass is 19.4. The van der Waals surface area contributed by atoms with E-state index < -0.39 is 41.7 Å². The molecule has 2 amide bonds. The van der Waals surface area contributed by atoms with Crippen LogP contribution in [0.3, 0.4) is 0 Å². The van der Waals surface area contributed by atoms with Gasteiger partial charge in [0.2, 0.25) is 11.8 Å². The molecule has 33 heavy (non-hydrogen) atoms. The smallest absolute Gasteiger partial charge is 0.419 e. The number of ether oxygens (including phenoxy) is 1. The molecule has 6 nitrogen and oxygen atoms in total. The van der Waals surface area contributed by atoms with E-state index in [1.54, 1.807) is 26.2 Å². The van der Waals surface area contributed by atoms with Gasteiger partial charge in [-0.25, -0.2) is 4.39 Å². The molecule has 0 aromatic heterocycles. The van der Waals surface area contributed by atoms with E-state index in [4.69, 9.17) is 4.74 Å². The number of methoxy groups -OCH3 is 1. The van der Waals surface area contributed by atoms with Gasteiger partial charge in [0.1, 0.15) is 11.6 Å². The number of carbonyl (C=O) groups is 2. The lowest BCUT2D eigenvalue weighted by atomic mass is 10.0. The molecule has 2 unspecified atom stereocenters. The summed E-state index contributed by atoms with van der Waals surface area (Å²) in [5, 5.41) is 8.58. The number of hydrogen-bond acceptors (Lipinski definition) is 4. The zero-order valence-corrected chi connectivity index (χ0v) is 18.1. The van der Waals surface area contributed by atoms with Crippen molar-refractivity contribution >= 4 is 11.8 Å². The number of amides is 2. The second kappa shape index (κ2) is 10.2. The van der Waals surface area contributed by atoms with Crippen molar-refractivity contribution in [2.75, 3.05) is 7.11 Å². The summed E-state index contributed by atoms with van der Waals surface area (Å²) in [4.78, 5) is 25.0. The van der Waals surface area contributed by atoms with Crippen LogP contribution in [0.5, 0.6) is 5.75 Å². The largest absolute Gasteiger partial charge is 0.497 e. The maximum absolute atomic E-state index is 14.0. The van der Waals surface area contributed by atoms with Crippen LogP contribution in [0.25, 0.3) is 0 Å². The average Bonchev–Trinajstić information content (AvgIpc) is 2.76. The third-order valence-corrected chi connectivity index (χ3v) is 5.47. The topological polar surface area (TPSA) is 79.5 Å². The van der Waals surface area contributed by atoms with E-state index >= 15 is 0 Å². The van der Waals surface area contributed by atoms with E-state index in [1.807, 2.05) is 12.1 Å². The summed E-state index contributed by atoms with van der Waals surface area (Å²) in [5.41, 5.74) is -0.230. The van der Waals surface area contributed by atoms with Gasteiger partial charge in [0.15, 0.2) is 0 Å². The Labute approximate surface area is 188 Å². The van der Waals surface area contributed by atoms with E-state index in [9.17, 15) is 27.2 Å². The van der Waals surface area contributed by atoms with Gasteiger partial charge in [-0.1, -0.05) is 25.1 Å². The molecule has 2 aromatic carbocycles. The predicted molar refractivity (Wildman–Crippen MR) is 113 cm³/mol. The summed E-state index contributed by atoms with van der Waals surface area (Å²) in [6, 6.07) is 8.33. The van der Waals surface area contributed by atoms with Gasteiger partial charge in [0, 0.05) is 6.42 Å².